The Bertz CT molecular complexity index is 414. The fraction of sp³-hybridized carbons (Fsp3) is 0.143. The molecule has 6 heteroatoms. The van der Waals surface area contributed by atoms with Crippen LogP contribution in [0.5, 0.6) is 0 Å². The molecule has 5 nitrogen and oxygen atoms in total. The van der Waals surface area contributed by atoms with Crippen molar-refractivity contribution in [3.05, 3.63) is 23.8 Å². The summed E-state index contributed by atoms with van der Waals surface area (Å²) in [7, 11) is -4.15. The van der Waals surface area contributed by atoms with E-state index in [0.717, 1.165) is 5.56 Å². The van der Waals surface area contributed by atoms with Gasteiger partial charge in [0.05, 0.1) is 10.6 Å². The van der Waals surface area contributed by atoms with Crippen molar-refractivity contribution in [3.8, 4) is 0 Å². The van der Waals surface area contributed by atoms with Crippen LogP contribution in [0.2, 0.25) is 0 Å². The van der Waals surface area contributed by atoms with E-state index in [-0.39, 0.29) is 4.90 Å². The van der Waals surface area contributed by atoms with Gasteiger partial charge in [0.15, 0.2) is 0 Å². The second kappa shape index (κ2) is 3.33. The molecule has 1 aromatic rings. The number of anilines is 1. The third-order valence-corrected chi connectivity index (χ3v) is 2.51. The summed E-state index contributed by atoms with van der Waals surface area (Å²) in [6.07, 6.45) is 0. The Kier molecular flexibility index (Phi) is 2.55. The molecule has 13 heavy (non-hydrogen) atoms. The maximum Gasteiger partial charge on any atom is 0.294 e. The minimum atomic E-state index is -4.15. The van der Waals surface area contributed by atoms with Gasteiger partial charge in [-0.15, -0.1) is 0 Å². The SMILES string of the molecule is Cc1ccc(S(=O)(=O)O)cc1NN. The summed E-state index contributed by atoms with van der Waals surface area (Å²) in [5.41, 5.74) is 3.60. The van der Waals surface area contributed by atoms with Crippen molar-refractivity contribution in [3.63, 3.8) is 0 Å². The summed E-state index contributed by atoms with van der Waals surface area (Å²) < 4.78 is 30.1. The number of rotatable bonds is 2. The Hall–Kier alpha value is -1.11. The van der Waals surface area contributed by atoms with E-state index in [2.05, 4.69) is 5.43 Å². The van der Waals surface area contributed by atoms with Crippen molar-refractivity contribution in [2.45, 2.75) is 11.8 Å². The Morgan fingerprint density at radius 3 is 2.54 bits per heavy atom. The van der Waals surface area contributed by atoms with Crippen molar-refractivity contribution < 1.29 is 13.0 Å². The first-order valence-electron chi connectivity index (χ1n) is 3.50. The number of hydrogen-bond donors (Lipinski definition) is 3. The highest BCUT2D eigenvalue weighted by molar-refractivity contribution is 7.85. The van der Waals surface area contributed by atoms with Crippen molar-refractivity contribution in [2.24, 2.45) is 5.84 Å². The van der Waals surface area contributed by atoms with E-state index in [9.17, 15) is 8.42 Å². The second-order valence-electron chi connectivity index (χ2n) is 2.60. The smallest absolute Gasteiger partial charge is 0.294 e. The van der Waals surface area contributed by atoms with E-state index >= 15 is 0 Å². The third-order valence-electron chi connectivity index (χ3n) is 1.66. The van der Waals surface area contributed by atoms with Gasteiger partial charge in [-0.1, -0.05) is 6.07 Å². The van der Waals surface area contributed by atoms with E-state index in [1.54, 1.807) is 13.0 Å². The summed E-state index contributed by atoms with van der Waals surface area (Å²) in [5, 5.41) is 0. The van der Waals surface area contributed by atoms with Crippen LogP contribution in [0.3, 0.4) is 0 Å². The van der Waals surface area contributed by atoms with Gasteiger partial charge < -0.3 is 5.43 Å². The predicted octanol–water partition coefficient (Wildman–Crippen LogP) is 0.527. The zero-order valence-electron chi connectivity index (χ0n) is 6.98. The molecule has 0 saturated carbocycles. The van der Waals surface area contributed by atoms with Gasteiger partial charge in [-0.05, 0) is 24.6 Å². The first kappa shape index (κ1) is 9.97. The molecular weight excluding hydrogens is 192 g/mol. The van der Waals surface area contributed by atoms with Crippen LogP contribution in [0.4, 0.5) is 5.69 Å². The van der Waals surface area contributed by atoms with Crippen molar-refractivity contribution in [2.75, 3.05) is 5.43 Å². The topological polar surface area (TPSA) is 92.4 Å². The van der Waals surface area contributed by atoms with Crippen LogP contribution < -0.4 is 11.3 Å². The number of nitrogens with one attached hydrogen (secondary N) is 1. The second-order valence-corrected chi connectivity index (χ2v) is 4.02. The molecule has 0 radical (unpaired) electrons. The van der Waals surface area contributed by atoms with E-state index < -0.39 is 10.1 Å². The van der Waals surface area contributed by atoms with Crippen molar-refractivity contribution in [1.29, 1.82) is 0 Å². The lowest BCUT2D eigenvalue weighted by molar-refractivity contribution is 0.483. The third kappa shape index (κ3) is 2.18. The molecule has 0 aliphatic heterocycles. The normalized spacial score (nSPS) is 11.3. The molecule has 0 saturated heterocycles. The molecule has 4 N–H and O–H groups in total. The van der Waals surface area contributed by atoms with Crippen LogP contribution in [0.25, 0.3) is 0 Å². The predicted molar refractivity (Wildman–Crippen MR) is 48.8 cm³/mol. The zero-order valence-corrected chi connectivity index (χ0v) is 7.80. The fourth-order valence-electron chi connectivity index (χ4n) is 0.917. The standard InChI is InChI=1S/C7H10N2O3S/c1-5-2-3-6(13(10,11)12)4-7(5)9-8/h2-4,9H,8H2,1H3,(H,10,11,12). The molecule has 0 spiro atoms. The molecule has 0 fully saturated rings. The molecule has 0 aromatic heterocycles. The lowest BCUT2D eigenvalue weighted by Gasteiger charge is -2.05. The van der Waals surface area contributed by atoms with Crippen molar-refractivity contribution in [1.82, 2.24) is 0 Å². The number of hydrogen-bond acceptors (Lipinski definition) is 4. The highest BCUT2D eigenvalue weighted by Gasteiger charge is 2.10. The Morgan fingerprint density at radius 2 is 2.08 bits per heavy atom. The number of nitrogens with two attached hydrogens (primary N) is 1. The summed E-state index contributed by atoms with van der Waals surface area (Å²) >= 11 is 0. The van der Waals surface area contributed by atoms with E-state index in [0.29, 0.717) is 5.69 Å². The molecule has 0 atom stereocenters. The molecule has 0 heterocycles. The van der Waals surface area contributed by atoms with Crippen LogP contribution in [0.15, 0.2) is 23.1 Å². The summed E-state index contributed by atoms with van der Waals surface area (Å²) in [4.78, 5) is -0.175. The average Bonchev–Trinajstić information content (AvgIpc) is 2.03. The summed E-state index contributed by atoms with van der Waals surface area (Å²) in [6, 6.07) is 4.13. The average molecular weight is 202 g/mol. The molecular formula is C7H10N2O3S. The molecule has 0 amide bonds. The summed E-state index contributed by atoms with van der Waals surface area (Å²) in [6.45, 7) is 1.77. The Morgan fingerprint density at radius 1 is 1.46 bits per heavy atom. The van der Waals surface area contributed by atoms with Crippen LogP contribution in [0.1, 0.15) is 5.56 Å². The minimum absolute atomic E-state index is 0.175. The van der Waals surface area contributed by atoms with E-state index in [1.807, 2.05) is 0 Å². The Labute approximate surface area is 76.3 Å². The highest BCUT2D eigenvalue weighted by atomic mass is 32.2. The monoisotopic (exact) mass is 202 g/mol. The zero-order chi connectivity index (χ0) is 10.1. The quantitative estimate of drug-likeness (QED) is 0.369. The number of nitrogen functional groups attached to an aromatic ring is 1. The minimum Gasteiger partial charge on any atom is -0.324 e. The van der Waals surface area contributed by atoms with E-state index in [1.165, 1.54) is 12.1 Å². The maximum absolute atomic E-state index is 10.7. The van der Waals surface area contributed by atoms with Gasteiger partial charge in [-0.3, -0.25) is 10.4 Å². The van der Waals surface area contributed by atoms with E-state index in [4.69, 9.17) is 10.4 Å². The Balaban J connectivity index is 3.30. The molecule has 0 unspecified atom stereocenters. The van der Waals surface area contributed by atoms with Crippen LogP contribution >= 0.6 is 0 Å². The number of hydrazine groups is 1. The summed E-state index contributed by atoms with van der Waals surface area (Å²) in [5.74, 6) is 5.14. The molecule has 72 valence electrons. The lowest BCUT2D eigenvalue weighted by atomic mass is 10.2. The largest absolute Gasteiger partial charge is 0.324 e. The fourth-order valence-corrected chi connectivity index (χ4v) is 1.42. The van der Waals surface area contributed by atoms with Gasteiger partial charge in [0.2, 0.25) is 0 Å². The van der Waals surface area contributed by atoms with Gasteiger partial charge in [0.25, 0.3) is 10.1 Å². The first-order chi connectivity index (χ1) is 5.95. The van der Waals surface area contributed by atoms with Crippen molar-refractivity contribution >= 4 is 15.8 Å². The maximum atomic E-state index is 10.7. The molecule has 0 aliphatic rings. The van der Waals surface area contributed by atoms with Crippen LogP contribution in [-0.2, 0) is 10.1 Å². The molecule has 1 rings (SSSR count). The first-order valence-corrected chi connectivity index (χ1v) is 4.94. The molecule has 1 aromatic carbocycles. The van der Waals surface area contributed by atoms with Gasteiger partial charge in [0, 0.05) is 0 Å². The van der Waals surface area contributed by atoms with Gasteiger partial charge in [0.1, 0.15) is 0 Å². The van der Waals surface area contributed by atoms with Gasteiger partial charge in [-0.2, -0.15) is 8.42 Å². The number of aryl methyl sites for hydroxylation is 1. The molecule has 0 bridgehead atoms. The van der Waals surface area contributed by atoms with Crippen LogP contribution in [-0.4, -0.2) is 13.0 Å². The van der Waals surface area contributed by atoms with Gasteiger partial charge in [-0.25, -0.2) is 0 Å². The molecule has 0 aliphatic carbocycles. The lowest BCUT2D eigenvalue weighted by Crippen LogP contribution is -2.09. The number of benzene rings is 1. The van der Waals surface area contributed by atoms with Crippen LogP contribution in [0, 0.1) is 6.92 Å². The highest BCUT2D eigenvalue weighted by Crippen LogP contribution is 2.18. The van der Waals surface area contributed by atoms with Gasteiger partial charge >= 0.3 is 0 Å².